The Kier molecular flexibility index (Phi) is 3.20. The van der Waals surface area contributed by atoms with Gasteiger partial charge in [0.1, 0.15) is 6.29 Å². The van der Waals surface area contributed by atoms with Crippen molar-refractivity contribution in [3.05, 3.63) is 12.2 Å². The molecule has 1 heteroatoms. The molecule has 0 saturated carbocycles. The van der Waals surface area contributed by atoms with Crippen molar-refractivity contribution in [2.45, 2.75) is 32.1 Å². The number of carbonyl (C=O) groups excluding carboxylic acids is 1. The highest BCUT2D eigenvalue weighted by atomic mass is 16.1. The van der Waals surface area contributed by atoms with E-state index in [-0.39, 0.29) is 0 Å². The summed E-state index contributed by atoms with van der Waals surface area (Å²) in [5.74, 6) is 0.787. The minimum Gasteiger partial charge on any atom is -0.303 e. The first kappa shape index (κ1) is 7.52. The lowest BCUT2D eigenvalue weighted by Crippen LogP contribution is -2.02. The molecule has 10 heavy (non-hydrogen) atoms. The lowest BCUT2D eigenvalue weighted by Gasteiger charge is -2.15. The Morgan fingerprint density at radius 2 is 2.40 bits per heavy atom. The van der Waals surface area contributed by atoms with Crippen LogP contribution in [0.15, 0.2) is 12.2 Å². The Labute approximate surface area is 62.1 Å². The third kappa shape index (κ3) is 2.34. The molecular weight excluding hydrogens is 124 g/mol. The SMILES string of the molecule is O=CCC[C@H]1CC=CCC1. The van der Waals surface area contributed by atoms with Crippen LogP contribution in [0.1, 0.15) is 32.1 Å². The summed E-state index contributed by atoms with van der Waals surface area (Å²) in [6, 6.07) is 0. The number of rotatable bonds is 3. The van der Waals surface area contributed by atoms with Gasteiger partial charge >= 0.3 is 0 Å². The molecular formula is C9H14O. The van der Waals surface area contributed by atoms with Crippen molar-refractivity contribution in [1.29, 1.82) is 0 Å². The average molecular weight is 138 g/mol. The molecule has 0 bridgehead atoms. The van der Waals surface area contributed by atoms with Crippen LogP contribution in [0.5, 0.6) is 0 Å². The van der Waals surface area contributed by atoms with E-state index >= 15 is 0 Å². The molecule has 56 valence electrons. The number of allylic oxidation sites excluding steroid dienone is 2. The van der Waals surface area contributed by atoms with Crippen molar-refractivity contribution in [3.8, 4) is 0 Å². The summed E-state index contributed by atoms with van der Waals surface area (Å²) in [6.07, 6.45) is 11.0. The van der Waals surface area contributed by atoms with Crippen molar-refractivity contribution in [3.63, 3.8) is 0 Å². The molecule has 0 saturated heterocycles. The second-order valence-electron chi connectivity index (χ2n) is 2.89. The lowest BCUT2D eigenvalue weighted by molar-refractivity contribution is -0.108. The number of carbonyl (C=O) groups is 1. The van der Waals surface area contributed by atoms with Crippen molar-refractivity contribution < 1.29 is 4.79 Å². The van der Waals surface area contributed by atoms with Crippen LogP contribution >= 0.6 is 0 Å². The summed E-state index contributed by atoms with van der Waals surface area (Å²) in [6.45, 7) is 0. The summed E-state index contributed by atoms with van der Waals surface area (Å²) < 4.78 is 0. The molecule has 0 N–H and O–H groups in total. The van der Waals surface area contributed by atoms with Crippen LogP contribution in [-0.4, -0.2) is 6.29 Å². The van der Waals surface area contributed by atoms with Crippen LogP contribution in [0.25, 0.3) is 0 Å². The van der Waals surface area contributed by atoms with Crippen LogP contribution in [0.2, 0.25) is 0 Å². The number of aldehydes is 1. The van der Waals surface area contributed by atoms with Gasteiger partial charge in [-0.05, 0) is 31.6 Å². The number of hydrogen-bond donors (Lipinski definition) is 0. The molecule has 0 aliphatic heterocycles. The Bertz CT molecular complexity index is 127. The highest BCUT2D eigenvalue weighted by Crippen LogP contribution is 2.21. The Hall–Kier alpha value is -0.590. The van der Waals surface area contributed by atoms with Gasteiger partial charge in [-0.3, -0.25) is 0 Å². The molecule has 1 aliphatic carbocycles. The summed E-state index contributed by atoms with van der Waals surface area (Å²) >= 11 is 0. The monoisotopic (exact) mass is 138 g/mol. The fourth-order valence-electron chi connectivity index (χ4n) is 1.42. The molecule has 1 atom stereocenters. The van der Waals surface area contributed by atoms with Gasteiger partial charge in [-0.25, -0.2) is 0 Å². The maximum atomic E-state index is 10.0. The molecule has 0 fully saturated rings. The largest absolute Gasteiger partial charge is 0.303 e. The number of hydrogen-bond acceptors (Lipinski definition) is 1. The van der Waals surface area contributed by atoms with E-state index in [4.69, 9.17) is 0 Å². The van der Waals surface area contributed by atoms with E-state index in [1.54, 1.807) is 0 Å². The second kappa shape index (κ2) is 4.26. The van der Waals surface area contributed by atoms with E-state index in [1.165, 1.54) is 19.3 Å². The standard InChI is InChI=1S/C9H14O/c10-8-4-7-9-5-2-1-3-6-9/h1-2,8-9H,3-7H2/t9-/m0/s1. The molecule has 0 radical (unpaired) electrons. The molecule has 0 amide bonds. The highest BCUT2D eigenvalue weighted by Gasteiger charge is 2.07. The minimum absolute atomic E-state index is 0.749. The molecule has 0 heterocycles. The third-order valence-corrected chi connectivity index (χ3v) is 2.07. The normalized spacial score (nSPS) is 24.6. The van der Waals surface area contributed by atoms with Gasteiger partial charge in [0.15, 0.2) is 0 Å². The molecule has 1 nitrogen and oxygen atoms in total. The average Bonchev–Trinajstić information content (AvgIpc) is 2.03. The van der Waals surface area contributed by atoms with Crippen molar-refractivity contribution >= 4 is 6.29 Å². The van der Waals surface area contributed by atoms with Gasteiger partial charge < -0.3 is 4.79 Å². The zero-order valence-electron chi connectivity index (χ0n) is 6.25. The maximum Gasteiger partial charge on any atom is 0.120 e. The molecule has 0 aromatic carbocycles. The molecule has 0 spiro atoms. The van der Waals surface area contributed by atoms with Gasteiger partial charge in [0, 0.05) is 6.42 Å². The topological polar surface area (TPSA) is 17.1 Å². The predicted molar refractivity (Wildman–Crippen MR) is 41.8 cm³/mol. The van der Waals surface area contributed by atoms with Gasteiger partial charge in [-0.15, -0.1) is 0 Å². The summed E-state index contributed by atoms with van der Waals surface area (Å²) in [7, 11) is 0. The first-order valence-corrected chi connectivity index (χ1v) is 4.02. The minimum atomic E-state index is 0.749. The quantitative estimate of drug-likeness (QED) is 0.432. The first-order valence-electron chi connectivity index (χ1n) is 4.02. The highest BCUT2D eigenvalue weighted by molar-refractivity contribution is 5.49. The molecule has 0 aromatic heterocycles. The van der Waals surface area contributed by atoms with Crippen LogP contribution in [-0.2, 0) is 4.79 Å². The van der Waals surface area contributed by atoms with E-state index in [9.17, 15) is 4.79 Å². The molecule has 1 rings (SSSR count). The Morgan fingerprint density at radius 1 is 1.50 bits per heavy atom. The third-order valence-electron chi connectivity index (χ3n) is 2.07. The van der Waals surface area contributed by atoms with Crippen LogP contribution < -0.4 is 0 Å². The van der Waals surface area contributed by atoms with Gasteiger partial charge in [-0.1, -0.05) is 12.2 Å². The molecule has 1 aliphatic rings. The Balaban J connectivity index is 2.15. The maximum absolute atomic E-state index is 10.0. The lowest BCUT2D eigenvalue weighted by atomic mass is 9.91. The zero-order chi connectivity index (χ0) is 7.23. The van der Waals surface area contributed by atoms with E-state index in [2.05, 4.69) is 12.2 Å². The van der Waals surface area contributed by atoms with Gasteiger partial charge in [-0.2, -0.15) is 0 Å². The van der Waals surface area contributed by atoms with Gasteiger partial charge in [0.25, 0.3) is 0 Å². The van der Waals surface area contributed by atoms with Crippen molar-refractivity contribution in [2.24, 2.45) is 5.92 Å². The van der Waals surface area contributed by atoms with Crippen molar-refractivity contribution in [2.75, 3.05) is 0 Å². The summed E-state index contributed by atoms with van der Waals surface area (Å²) in [5, 5.41) is 0. The Morgan fingerprint density at radius 3 is 3.00 bits per heavy atom. The second-order valence-corrected chi connectivity index (χ2v) is 2.89. The fraction of sp³-hybridized carbons (Fsp3) is 0.667. The summed E-state index contributed by atoms with van der Waals surface area (Å²) in [5.41, 5.74) is 0. The van der Waals surface area contributed by atoms with Crippen molar-refractivity contribution in [1.82, 2.24) is 0 Å². The molecule has 0 aromatic rings. The van der Waals surface area contributed by atoms with Crippen LogP contribution in [0.3, 0.4) is 0 Å². The van der Waals surface area contributed by atoms with E-state index in [0.717, 1.165) is 25.0 Å². The van der Waals surface area contributed by atoms with E-state index in [0.29, 0.717) is 0 Å². The predicted octanol–water partition coefficient (Wildman–Crippen LogP) is 2.32. The van der Waals surface area contributed by atoms with Gasteiger partial charge in [0.05, 0.1) is 0 Å². The van der Waals surface area contributed by atoms with Gasteiger partial charge in [0.2, 0.25) is 0 Å². The smallest absolute Gasteiger partial charge is 0.120 e. The fourth-order valence-corrected chi connectivity index (χ4v) is 1.42. The van der Waals surface area contributed by atoms with E-state index in [1.807, 2.05) is 0 Å². The van der Waals surface area contributed by atoms with Crippen LogP contribution in [0, 0.1) is 5.92 Å². The first-order chi connectivity index (χ1) is 4.93. The zero-order valence-corrected chi connectivity index (χ0v) is 6.25. The summed E-state index contributed by atoms with van der Waals surface area (Å²) in [4.78, 5) is 10.0. The van der Waals surface area contributed by atoms with E-state index < -0.39 is 0 Å². The molecule has 0 unspecified atom stereocenters. The van der Waals surface area contributed by atoms with Crippen LogP contribution in [0.4, 0.5) is 0 Å².